The molecule has 1 fully saturated rings. The fourth-order valence-electron chi connectivity index (χ4n) is 3.98. The number of hydrogen-bond acceptors (Lipinski definition) is 5. The predicted molar refractivity (Wildman–Crippen MR) is 118 cm³/mol. The van der Waals surface area contributed by atoms with E-state index in [0.29, 0.717) is 36.4 Å². The van der Waals surface area contributed by atoms with Crippen molar-refractivity contribution in [2.75, 3.05) is 13.1 Å². The van der Waals surface area contributed by atoms with E-state index in [9.17, 15) is 13.2 Å². The van der Waals surface area contributed by atoms with Crippen molar-refractivity contribution in [1.82, 2.24) is 4.31 Å². The van der Waals surface area contributed by atoms with Gasteiger partial charge in [0.2, 0.25) is 10.0 Å². The van der Waals surface area contributed by atoms with E-state index in [1.807, 2.05) is 33.8 Å². The van der Waals surface area contributed by atoms with Crippen molar-refractivity contribution in [3.63, 3.8) is 0 Å². The first-order valence-corrected chi connectivity index (χ1v) is 11.8. The zero-order chi connectivity index (χ0) is 22.8. The van der Waals surface area contributed by atoms with Crippen LogP contribution in [0.1, 0.15) is 46.2 Å². The number of esters is 1. The van der Waals surface area contributed by atoms with Crippen LogP contribution in [0.25, 0.3) is 0 Å². The molecule has 1 heterocycles. The Kier molecular flexibility index (Phi) is 6.83. The standard InChI is InChI=1S/C24H28N2O4S/c1-16-13-17(2)19(4)23(18(16)3)31(28,29)26-11-9-22(10-12-26)24(27)30-15-21-7-5-20(14-25)6-8-21/h5-8,13,22H,9-12,15H2,1-4H3. The number of ether oxygens (including phenoxy) is 1. The number of aryl methyl sites for hydroxylation is 2. The van der Waals surface area contributed by atoms with E-state index in [1.54, 1.807) is 24.3 Å². The summed E-state index contributed by atoms with van der Waals surface area (Å²) >= 11 is 0. The molecule has 6 nitrogen and oxygen atoms in total. The molecular formula is C24H28N2O4S. The van der Waals surface area contributed by atoms with Gasteiger partial charge in [-0.05, 0) is 80.5 Å². The summed E-state index contributed by atoms with van der Waals surface area (Å²) < 4.78 is 33.6. The van der Waals surface area contributed by atoms with Crippen LogP contribution in [-0.4, -0.2) is 31.8 Å². The monoisotopic (exact) mass is 440 g/mol. The van der Waals surface area contributed by atoms with Crippen molar-refractivity contribution in [1.29, 1.82) is 5.26 Å². The summed E-state index contributed by atoms with van der Waals surface area (Å²) in [5.74, 6) is -0.619. The molecule has 31 heavy (non-hydrogen) atoms. The highest BCUT2D eigenvalue weighted by atomic mass is 32.2. The van der Waals surface area contributed by atoms with Crippen LogP contribution in [0.5, 0.6) is 0 Å². The third-order valence-corrected chi connectivity index (χ3v) is 8.32. The van der Waals surface area contributed by atoms with Gasteiger partial charge in [-0.15, -0.1) is 0 Å². The van der Waals surface area contributed by atoms with Crippen LogP contribution in [0, 0.1) is 44.9 Å². The topological polar surface area (TPSA) is 87.5 Å². The molecule has 164 valence electrons. The quantitative estimate of drug-likeness (QED) is 0.657. The summed E-state index contributed by atoms with van der Waals surface area (Å²) in [4.78, 5) is 12.9. The van der Waals surface area contributed by atoms with Gasteiger partial charge >= 0.3 is 5.97 Å². The van der Waals surface area contributed by atoms with Crippen molar-refractivity contribution in [2.24, 2.45) is 5.92 Å². The number of rotatable bonds is 5. The fraction of sp³-hybridized carbons (Fsp3) is 0.417. The van der Waals surface area contributed by atoms with Crippen LogP contribution in [-0.2, 0) is 26.2 Å². The van der Waals surface area contributed by atoms with Crippen molar-refractivity contribution in [3.05, 3.63) is 63.7 Å². The molecule has 2 aromatic rings. The van der Waals surface area contributed by atoms with E-state index in [0.717, 1.165) is 27.8 Å². The lowest BCUT2D eigenvalue weighted by Crippen LogP contribution is -2.41. The number of nitrogens with zero attached hydrogens (tertiary/aromatic N) is 2. The number of piperidine rings is 1. The normalized spacial score (nSPS) is 15.5. The van der Waals surface area contributed by atoms with Crippen LogP contribution >= 0.6 is 0 Å². The number of nitriles is 1. The van der Waals surface area contributed by atoms with Crippen LogP contribution in [0.3, 0.4) is 0 Å². The second kappa shape index (κ2) is 9.21. The van der Waals surface area contributed by atoms with E-state index < -0.39 is 10.0 Å². The number of benzene rings is 2. The minimum atomic E-state index is -3.62. The largest absolute Gasteiger partial charge is 0.461 e. The Hall–Kier alpha value is -2.69. The van der Waals surface area contributed by atoms with Gasteiger partial charge in [0.1, 0.15) is 6.61 Å². The lowest BCUT2D eigenvalue weighted by molar-refractivity contribution is -0.151. The van der Waals surface area contributed by atoms with Crippen molar-refractivity contribution in [3.8, 4) is 6.07 Å². The van der Waals surface area contributed by atoms with Gasteiger partial charge in [-0.3, -0.25) is 4.79 Å². The molecular weight excluding hydrogens is 412 g/mol. The molecule has 0 spiro atoms. The Morgan fingerprint density at radius 1 is 1.06 bits per heavy atom. The lowest BCUT2D eigenvalue weighted by atomic mass is 9.98. The number of sulfonamides is 1. The minimum absolute atomic E-state index is 0.143. The maximum absolute atomic E-state index is 13.4. The third-order valence-electron chi connectivity index (χ3n) is 6.15. The molecule has 0 aromatic heterocycles. The zero-order valence-corrected chi connectivity index (χ0v) is 19.3. The lowest BCUT2D eigenvalue weighted by Gasteiger charge is -2.31. The van der Waals surface area contributed by atoms with Gasteiger partial charge in [-0.25, -0.2) is 8.42 Å². The summed E-state index contributed by atoms with van der Waals surface area (Å²) in [5.41, 5.74) is 4.86. The fourth-order valence-corrected chi connectivity index (χ4v) is 6.02. The maximum atomic E-state index is 13.4. The molecule has 0 atom stereocenters. The molecule has 0 radical (unpaired) electrons. The average Bonchev–Trinajstić information content (AvgIpc) is 2.76. The van der Waals surface area contributed by atoms with Crippen molar-refractivity contribution < 1.29 is 17.9 Å². The number of carbonyl (C=O) groups excluding carboxylic acids is 1. The Morgan fingerprint density at radius 3 is 2.13 bits per heavy atom. The molecule has 7 heteroatoms. The number of carbonyl (C=O) groups is 1. The van der Waals surface area contributed by atoms with Crippen LogP contribution in [0.15, 0.2) is 35.2 Å². The van der Waals surface area contributed by atoms with Crippen molar-refractivity contribution in [2.45, 2.75) is 52.0 Å². The Bertz CT molecular complexity index is 1100. The molecule has 0 amide bonds. The van der Waals surface area contributed by atoms with Gasteiger partial charge in [0.15, 0.2) is 0 Å². The molecule has 0 bridgehead atoms. The molecule has 1 aliphatic heterocycles. The molecule has 0 unspecified atom stereocenters. The van der Waals surface area contributed by atoms with Gasteiger partial charge in [0.05, 0.1) is 22.4 Å². The summed E-state index contributed by atoms with van der Waals surface area (Å²) in [6.07, 6.45) is 0.878. The van der Waals surface area contributed by atoms with Crippen LogP contribution < -0.4 is 0 Å². The SMILES string of the molecule is Cc1cc(C)c(C)c(S(=O)(=O)N2CCC(C(=O)OCc3ccc(C#N)cc3)CC2)c1C. The molecule has 2 aromatic carbocycles. The smallest absolute Gasteiger partial charge is 0.309 e. The van der Waals surface area contributed by atoms with E-state index in [2.05, 4.69) is 6.07 Å². The van der Waals surface area contributed by atoms with Gasteiger partial charge in [0.25, 0.3) is 0 Å². The Balaban J connectivity index is 1.63. The first-order valence-electron chi connectivity index (χ1n) is 10.4. The van der Waals surface area contributed by atoms with Gasteiger partial charge in [0, 0.05) is 13.1 Å². The first kappa shape index (κ1) is 23.0. The summed E-state index contributed by atoms with van der Waals surface area (Å²) in [7, 11) is -3.62. The first-order chi connectivity index (χ1) is 14.6. The van der Waals surface area contributed by atoms with E-state index in [1.165, 1.54) is 4.31 Å². The molecule has 1 saturated heterocycles. The highest BCUT2D eigenvalue weighted by Crippen LogP contribution is 2.31. The average molecular weight is 441 g/mol. The molecule has 0 aliphatic carbocycles. The van der Waals surface area contributed by atoms with Gasteiger partial charge in [-0.1, -0.05) is 18.2 Å². The zero-order valence-electron chi connectivity index (χ0n) is 18.4. The second-order valence-electron chi connectivity index (χ2n) is 8.18. The molecule has 3 rings (SSSR count). The minimum Gasteiger partial charge on any atom is -0.461 e. The van der Waals surface area contributed by atoms with Crippen LogP contribution in [0.2, 0.25) is 0 Å². The molecule has 1 aliphatic rings. The summed E-state index contributed by atoms with van der Waals surface area (Å²) in [6.45, 7) is 8.29. The number of hydrogen-bond donors (Lipinski definition) is 0. The van der Waals surface area contributed by atoms with Gasteiger partial charge < -0.3 is 4.74 Å². The van der Waals surface area contributed by atoms with E-state index in [-0.39, 0.29) is 18.5 Å². The van der Waals surface area contributed by atoms with Gasteiger partial charge in [-0.2, -0.15) is 9.57 Å². The molecule has 0 saturated carbocycles. The highest BCUT2D eigenvalue weighted by Gasteiger charge is 2.34. The second-order valence-corrected chi connectivity index (χ2v) is 10.1. The Morgan fingerprint density at radius 2 is 1.61 bits per heavy atom. The van der Waals surface area contributed by atoms with E-state index >= 15 is 0 Å². The van der Waals surface area contributed by atoms with Crippen molar-refractivity contribution >= 4 is 16.0 Å². The predicted octanol–water partition coefficient (Wildman–Crippen LogP) is 3.94. The maximum Gasteiger partial charge on any atom is 0.309 e. The van der Waals surface area contributed by atoms with E-state index in [4.69, 9.17) is 10.00 Å². The highest BCUT2D eigenvalue weighted by molar-refractivity contribution is 7.89. The summed E-state index contributed by atoms with van der Waals surface area (Å²) in [6, 6.07) is 11.0. The Labute approximate surface area is 184 Å². The van der Waals surface area contributed by atoms with Crippen LogP contribution in [0.4, 0.5) is 0 Å². The molecule has 0 N–H and O–H groups in total. The summed E-state index contributed by atoms with van der Waals surface area (Å²) in [5, 5.41) is 8.84. The third kappa shape index (κ3) is 4.81.